The number of esters is 1. The van der Waals surface area contributed by atoms with E-state index in [1.807, 2.05) is 25.1 Å². The summed E-state index contributed by atoms with van der Waals surface area (Å²) in [5, 5.41) is 3.70. The molecule has 3 nitrogen and oxygen atoms in total. The highest BCUT2D eigenvalue weighted by Gasteiger charge is 2.38. The van der Waals surface area contributed by atoms with Crippen LogP contribution in [-0.4, -0.2) is 12.6 Å². The van der Waals surface area contributed by atoms with E-state index >= 15 is 0 Å². The van der Waals surface area contributed by atoms with Crippen LogP contribution in [0, 0.1) is 5.92 Å². The third kappa shape index (κ3) is 2.99. The van der Waals surface area contributed by atoms with Gasteiger partial charge in [-0.05, 0) is 60.7 Å². The van der Waals surface area contributed by atoms with Crippen LogP contribution < -0.4 is 5.32 Å². The molecule has 0 saturated heterocycles. The third-order valence-electron chi connectivity index (χ3n) is 5.08. The highest BCUT2D eigenvalue weighted by atomic mass is 79.9. The standard InChI is InChI=1S/C21H20BrNO2/c1-2-25-21(24)14-9-10-19-18(12-14)16-7-4-8-17(16)20(23-19)13-5-3-6-15(22)11-13/h3-7,9-12,16-17,20,23H,2,8H2,1H3. The fourth-order valence-electron chi connectivity index (χ4n) is 3.97. The molecule has 0 fully saturated rings. The van der Waals surface area contributed by atoms with Gasteiger partial charge in [0.2, 0.25) is 0 Å². The monoisotopic (exact) mass is 397 g/mol. The molecule has 2 aromatic rings. The Hall–Kier alpha value is -2.07. The SMILES string of the molecule is CCOC(=O)c1ccc2c(c1)C1C=CCC1C(c1cccc(Br)c1)N2. The number of hydrogen-bond donors (Lipinski definition) is 1. The Bertz CT molecular complexity index is 846. The number of rotatable bonds is 3. The van der Waals surface area contributed by atoms with E-state index in [2.05, 4.69) is 57.7 Å². The summed E-state index contributed by atoms with van der Waals surface area (Å²) in [5.74, 6) is 0.534. The van der Waals surface area contributed by atoms with Crippen molar-refractivity contribution in [3.63, 3.8) is 0 Å². The molecule has 4 rings (SSSR count). The second-order valence-electron chi connectivity index (χ2n) is 6.55. The predicted octanol–water partition coefficient (Wildman–Crippen LogP) is 5.45. The summed E-state index contributed by atoms with van der Waals surface area (Å²) >= 11 is 3.58. The number of allylic oxidation sites excluding steroid dienone is 2. The third-order valence-corrected chi connectivity index (χ3v) is 5.57. The molecule has 2 aliphatic rings. The summed E-state index contributed by atoms with van der Waals surface area (Å²) in [5.41, 5.74) is 4.21. The van der Waals surface area contributed by atoms with Crippen LogP contribution in [0.1, 0.15) is 46.8 Å². The minimum atomic E-state index is -0.252. The summed E-state index contributed by atoms with van der Waals surface area (Å²) in [7, 11) is 0. The maximum atomic E-state index is 12.1. The van der Waals surface area contributed by atoms with Crippen LogP contribution in [-0.2, 0) is 4.74 Å². The summed E-state index contributed by atoms with van der Waals surface area (Å²) < 4.78 is 6.25. The van der Waals surface area contributed by atoms with Gasteiger partial charge in [0.15, 0.2) is 0 Å². The first-order valence-corrected chi connectivity index (χ1v) is 9.46. The number of carbonyl (C=O) groups excluding carboxylic acids is 1. The number of benzene rings is 2. The lowest BCUT2D eigenvalue weighted by Gasteiger charge is -2.37. The fourth-order valence-corrected chi connectivity index (χ4v) is 4.38. The van der Waals surface area contributed by atoms with E-state index in [0.29, 0.717) is 24.0 Å². The molecule has 3 unspecified atom stereocenters. The summed E-state index contributed by atoms with van der Waals surface area (Å²) in [6.45, 7) is 2.22. The Balaban J connectivity index is 1.72. The van der Waals surface area contributed by atoms with E-state index in [1.54, 1.807) is 0 Å². The zero-order valence-electron chi connectivity index (χ0n) is 14.0. The zero-order chi connectivity index (χ0) is 17.4. The van der Waals surface area contributed by atoms with Gasteiger partial charge in [-0.1, -0.05) is 40.2 Å². The van der Waals surface area contributed by atoms with Gasteiger partial charge in [-0.3, -0.25) is 0 Å². The largest absolute Gasteiger partial charge is 0.462 e. The van der Waals surface area contributed by atoms with E-state index < -0.39 is 0 Å². The van der Waals surface area contributed by atoms with Gasteiger partial charge in [0, 0.05) is 16.1 Å². The average Bonchev–Trinajstić information content (AvgIpc) is 3.11. The first-order chi connectivity index (χ1) is 12.2. The van der Waals surface area contributed by atoms with Crippen LogP contribution in [0.4, 0.5) is 5.69 Å². The van der Waals surface area contributed by atoms with Crippen LogP contribution in [0.3, 0.4) is 0 Å². The Morgan fingerprint density at radius 1 is 1.28 bits per heavy atom. The summed E-state index contributed by atoms with van der Waals surface area (Å²) in [6.07, 6.45) is 5.58. The van der Waals surface area contributed by atoms with Crippen LogP contribution in [0.25, 0.3) is 0 Å². The minimum Gasteiger partial charge on any atom is -0.462 e. The quantitative estimate of drug-likeness (QED) is 0.552. The van der Waals surface area contributed by atoms with E-state index in [1.165, 1.54) is 11.1 Å². The molecule has 2 aromatic carbocycles. The molecule has 4 heteroatoms. The van der Waals surface area contributed by atoms with E-state index in [0.717, 1.165) is 16.6 Å². The Labute approximate surface area is 156 Å². The Morgan fingerprint density at radius 3 is 2.96 bits per heavy atom. The van der Waals surface area contributed by atoms with Gasteiger partial charge in [-0.2, -0.15) is 0 Å². The number of halogens is 1. The molecule has 3 atom stereocenters. The lowest BCUT2D eigenvalue weighted by Crippen LogP contribution is -2.29. The minimum absolute atomic E-state index is 0.252. The van der Waals surface area contributed by atoms with Crippen molar-refractivity contribution in [1.82, 2.24) is 0 Å². The predicted molar refractivity (Wildman–Crippen MR) is 103 cm³/mol. The fraction of sp³-hybridized carbons (Fsp3) is 0.286. The Morgan fingerprint density at radius 2 is 2.16 bits per heavy atom. The average molecular weight is 398 g/mol. The van der Waals surface area contributed by atoms with Gasteiger partial charge in [0.1, 0.15) is 0 Å². The molecule has 0 saturated carbocycles. The number of fused-ring (bicyclic) bond motifs is 3. The van der Waals surface area contributed by atoms with Gasteiger partial charge in [-0.25, -0.2) is 4.79 Å². The van der Waals surface area contributed by atoms with Crippen molar-refractivity contribution in [3.8, 4) is 0 Å². The lowest BCUT2D eigenvalue weighted by atomic mass is 9.76. The number of ether oxygens (including phenoxy) is 1. The molecule has 1 N–H and O–H groups in total. The van der Waals surface area contributed by atoms with Crippen LogP contribution >= 0.6 is 15.9 Å². The molecule has 0 spiro atoms. The van der Waals surface area contributed by atoms with Gasteiger partial charge in [0.25, 0.3) is 0 Å². The lowest BCUT2D eigenvalue weighted by molar-refractivity contribution is 0.0526. The highest BCUT2D eigenvalue weighted by molar-refractivity contribution is 9.10. The second-order valence-corrected chi connectivity index (χ2v) is 7.47. The first-order valence-electron chi connectivity index (χ1n) is 8.67. The number of carbonyl (C=O) groups is 1. The van der Waals surface area contributed by atoms with Crippen molar-refractivity contribution in [2.24, 2.45) is 5.92 Å². The first kappa shape index (κ1) is 16.4. The maximum absolute atomic E-state index is 12.1. The van der Waals surface area contributed by atoms with Crippen molar-refractivity contribution in [1.29, 1.82) is 0 Å². The molecule has 0 aromatic heterocycles. The van der Waals surface area contributed by atoms with Crippen LogP contribution in [0.2, 0.25) is 0 Å². The molecular formula is C21H20BrNO2. The molecular weight excluding hydrogens is 378 g/mol. The highest BCUT2D eigenvalue weighted by Crippen LogP contribution is 2.50. The van der Waals surface area contributed by atoms with Crippen molar-refractivity contribution in [3.05, 3.63) is 75.8 Å². The van der Waals surface area contributed by atoms with Gasteiger partial charge < -0.3 is 10.1 Å². The van der Waals surface area contributed by atoms with Crippen LogP contribution in [0.5, 0.6) is 0 Å². The topological polar surface area (TPSA) is 38.3 Å². The van der Waals surface area contributed by atoms with Crippen molar-refractivity contribution >= 4 is 27.6 Å². The molecule has 0 bridgehead atoms. The van der Waals surface area contributed by atoms with Crippen LogP contribution in [0.15, 0.2) is 59.1 Å². The van der Waals surface area contributed by atoms with E-state index in [-0.39, 0.29) is 12.0 Å². The number of hydrogen-bond acceptors (Lipinski definition) is 3. The van der Waals surface area contributed by atoms with Gasteiger partial charge in [-0.15, -0.1) is 0 Å². The van der Waals surface area contributed by atoms with E-state index in [9.17, 15) is 4.79 Å². The van der Waals surface area contributed by atoms with Crippen molar-refractivity contribution < 1.29 is 9.53 Å². The van der Waals surface area contributed by atoms with Gasteiger partial charge >= 0.3 is 5.97 Å². The van der Waals surface area contributed by atoms with Crippen molar-refractivity contribution in [2.45, 2.75) is 25.3 Å². The van der Waals surface area contributed by atoms with Crippen molar-refractivity contribution in [2.75, 3.05) is 11.9 Å². The molecule has 128 valence electrons. The molecule has 1 aliphatic heterocycles. The molecule has 0 radical (unpaired) electrons. The summed E-state index contributed by atoms with van der Waals surface area (Å²) in [6, 6.07) is 14.6. The molecule has 1 heterocycles. The zero-order valence-corrected chi connectivity index (χ0v) is 15.6. The Kier molecular flexibility index (Phi) is 4.38. The molecule has 1 aliphatic carbocycles. The maximum Gasteiger partial charge on any atom is 0.338 e. The molecule has 0 amide bonds. The molecule has 25 heavy (non-hydrogen) atoms. The number of anilines is 1. The van der Waals surface area contributed by atoms with Gasteiger partial charge in [0.05, 0.1) is 18.2 Å². The van der Waals surface area contributed by atoms with E-state index in [4.69, 9.17) is 4.74 Å². The number of nitrogens with one attached hydrogen (secondary N) is 1. The normalized spacial score (nSPS) is 23.5. The summed E-state index contributed by atoms with van der Waals surface area (Å²) in [4.78, 5) is 12.1. The smallest absolute Gasteiger partial charge is 0.338 e. The second kappa shape index (κ2) is 6.68.